The first-order valence-corrected chi connectivity index (χ1v) is 7.66. The molecule has 2 aliphatic rings. The average molecular weight is 249 g/mol. The van der Waals surface area contributed by atoms with Crippen molar-refractivity contribution >= 4 is 0 Å². The molecular weight excluding hydrogens is 222 g/mol. The van der Waals surface area contributed by atoms with Gasteiger partial charge in [0.1, 0.15) is 0 Å². The molecule has 18 heavy (non-hydrogen) atoms. The number of nitrogens with zero attached hydrogens (tertiary/aromatic N) is 1. The molecule has 1 atom stereocenters. The second-order valence-corrected chi connectivity index (χ2v) is 5.97. The van der Waals surface area contributed by atoms with Crippen LogP contribution in [-0.2, 0) is 0 Å². The van der Waals surface area contributed by atoms with Crippen LogP contribution in [0.5, 0.6) is 0 Å². The summed E-state index contributed by atoms with van der Waals surface area (Å²) in [7, 11) is 0. The highest BCUT2D eigenvalue weighted by atomic mass is 16.3. The largest absolute Gasteiger partial charge is 0.391 e. The summed E-state index contributed by atoms with van der Waals surface area (Å²) in [4.78, 5) is 2.60. The lowest BCUT2D eigenvalue weighted by atomic mass is 9.84. The van der Waals surface area contributed by atoms with E-state index in [0.717, 1.165) is 19.3 Å². The molecule has 2 nitrogen and oxygen atoms in total. The lowest BCUT2D eigenvalue weighted by molar-refractivity contribution is -0.0427. The fourth-order valence-corrected chi connectivity index (χ4v) is 3.85. The number of likely N-dealkylation sites (tertiary alicyclic amines) is 1. The van der Waals surface area contributed by atoms with E-state index in [1.165, 1.54) is 58.0 Å². The first-order chi connectivity index (χ1) is 8.79. The second-order valence-electron chi connectivity index (χ2n) is 5.97. The summed E-state index contributed by atoms with van der Waals surface area (Å²) in [6.45, 7) is 2.37. The van der Waals surface area contributed by atoms with Crippen LogP contribution >= 0.6 is 0 Å². The zero-order chi connectivity index (χ0) is 12.8. The van der Waals surface area contributed by atoms with Crippen LogP contribution in [0.25, 0.3) is 0 Å². The van der Waals surface area contributed by atoms with Crippen molar-refractivity contribution in [1.29, 1.82) is 0 Å². The number of hydrogen-bond acceptors (Lipinski definition) is 2. The Balaban J connectivity index is 1.98. The first-order valence-electron chi connectivity index (χ1n) is 7.66. The maximum absolute atomic E-state index is 10.7. The molecule has 102 valence electrons. The normalized spacial score (nSPS) is 25.8. The van der Waals surface area contributed by atoms with Gasteiger partial charge in [-0.05, 0) is 51.6 Å². The zero-order valence-electron chi connectivity index (χ0n) is 11.5. The van der Waals surface area contributed by atoms with Crippen molar-refractivity contribution in [3.8, 4) is 12.3 Å². The molecule has 0 aromatic carbocycles. The summed E-state index contributed by atoms with van der Waals surface area (Å²) in [5, 5.41) is 10.7. The number of hydrogen-bond donors (Lipinski definition) is 1. The van der Waals surface area contributed by atoms with Crippen molar-refractivity contribution < 1.29 is 5.11 Å². The topological polar surface area (TPSA) is 23.5 Å². The molecule has 0 amide bonds. The molecule has 1 saturated carbocycles. The zero-order valence-corrected chi connectivity index (χ0v) is 11.5. The minimum Gasteiger partial charge on any atom is -0.391 e. The summed E-state index contributed by atoms with van der Waals surface area (Å²) in [5.74, 6) is 2.68. The molecule has 1 aliphatic heterocycles. The monoisotopic (exact) mass is 249 g/mol. The number of aliphatic hydroxyl groups is 1. The summed E-state index contributed by atoms with van der Waals surface area (Å²) in [6, 6.07) is 0. The van der Waals surface area contributed by atoms with E-state index in [0.29, 0.717) is 0 Å². The van der Waals surface area contributed by atoms with Crippen LogP contribution in [0.4, 0.5) is 0 Å². The maximum atomic E-state index is 10.7. The van der Waals surface area contributed by atoms with E-state index >= 15 is 0 Å². The third-order valence-electron chi connectivity index (χ3n) is 4.87. The second kappa shape index (κ2) is 6.59. The van der Waals surface area contributed by atoms with Gasteiger partial charge in [0.15, 0.2) is 0 Å². The van der Waals surface area contributed by atoms with Crippen LogP contribution in [0, 0.1) is 12.3 Å². The van der Waals surface area contributed by atoms with Gasteiger partial charge in [-0.15, -0.1) is 12.3 Å². The van der Waals surface area contributed by atoms with Gasteiger partial charge in [0.05, 0.1) is 6.10 Å². The Kier molecular flexibility index (Phi) is 5.09. The fraction of sp³-hybridized carbons (Fsp3) is 0.875. The molecule has 1 N–H and O–H groups in total. The third kappa shape index (κ3) is 2.90. The Labute approximate surface area is 112 Å². The molecule has 0 aromatic heterocycles. The Hall–Kier alpha value is -0.520. The van der Waals surface area contributed by atoms with Gasteiger partial charge >= 0.3 is 0 Å². The Morgan fingerprint density at radius 1 is 1.11 bits per heavy atom. The number of rotatable bonds is 5. The molecule has 0 aromatic rings. The molecule has 0 radical (unpaired) electrons. The molecule has 1 aliphatic carbocycles. The Morgan fingerprint density at radius 2 is 1.78 bits per heavy atom. The molecule has 1 unspecified atom stereocenters. The van der Waals surface area contributed by atoms with Crippen LogP contribution in [0.2, 0.25) is 0 Å². The lowest BCUT2D eigenvalue weighted by Crippen LogP contribution is -2.56. The van der Waals surface area contributed by atoms with Crippen molar-refractivity contribution in [2.45, 2.75) is 75.9 Å². The summed E-state index contributed by atoms with van der Waals surface area (Å²) >= 11 is 0. The van der Waals surface area contributed by atoms with Gasteiger partial charge in [-0.1, -0.05) is 19.3 Å². The molecule has 2 rings (SSSR count). The van der Waals surface area contributed by atoms with Crippen molar-refractivity contribution in [2.24, 2.45) is 0 Å². The SMILES string of the molecule is C#CCCCC(O)C1(N2CCCCC2)CCCC1. The number of piperidine rings is 1. The van der Waals surface area contributed by atoms with Gasteiger partial charge in [-0.25, -0.2) is 0 Å². The standard InChI is InChI=1S/C16H27NO/c1-2-3-5-10-15(18)16(11-6-7-12-16)17-13-8-4-9-14-17/h1,15,18H,3-14H2. The Bertz CT molecular complexity index is 282. The van der Waals surface area contributed by atoms with Crippen LogP contribution in [0.15, 0.2) is 0 Å². The minimum atomic E-state index is -0.175. The average Bonchev–Trinajstić information content (AvgIpc) is 2.90. The first kappa shape index (κ1) is 13.9. The van der Waals surface area contributed by atoms with Gasteiger partial charge in [-0.2, -0.15) is 0 Å². The smallest absolute Gasteiger partial charge is 0.0724 e. The molecule has 0 spiro atoms. The predicted octanol–water partition coefficient (Wildman–Crippen LogP) is 2.95. The number of unbranched alkanes of at least 4 members (excludes halogenated alkanes) is 1. The molecule has 1 heterocycles. The van der Waals surface area contributed by atoms with E-state index in [1.807, 2.05) is 0 Å². The van der Waals surface area contributed by atoms with Crippen LogP contribution in [-0.4, -0.2) is 34.7 Å². The number of aliphatic hydroxyl groups excluding tert-OH is 1. The highest BCUT2D eigenvalue weighted by molar-refractivity contribution is 5.01. The summed E-state index contributed by atoms with van der Waals surface area (Å²) < 4.78 is 0. The molecule has 2 heteroatoms. The fourth-order valence-electron chi connectivity index (χ4n) is 3.85. The molecular formula is C16H27NO. The van der Waals surface area contributed by atoms with E-state index in [1.54, 1.807) is 0 Å². The maximum Gasteiger partial charge on any atom is 0.0724 e. The highest BCUT2D eigenvalue weighted by Crippen LogP contribution is 2.40. The van der Waals surface area contributed by atoms with E-state index in [-0.39, 0.29) is 11.6 Å². The molecule has 2 fully saturated rings. The number of terminal acetylenes is 1. The van der Waals surface area contributed by atoms with E-state index in [2.05, 4.69) is 10.8 Å². The van der Waals surface area contributed by atoms with Crippen LogP contribution < -0.4 is 0 Å². The van der Waals surface area contributed by atoms with Crippen LogP contribution in [0.1, 0.15) is 64.2 Å². The predicted molar refractivity (Wildman–Crippen MR) is 75.3 cm³/mol. The quantitative estimate of drug-likeness (QED) is 0.598. The van der Waals surface area contributed by atoms with E-state index < -0.39 is 0 Å². The van der Waals surface area contributed by atoms with Crippen molar-refractivity contribution in [3.05, 3.63) is 0 Å². The van der Waals surface area contributed by atoms with E-state index in [4.69, 9.17) is 6.42 Å². The van der Waals surface area contributed by atoms with Crippen LogP contribution in [0.3, 0.4) is 0 Å². The Morgan fingerprint density at radius 3 is 2.39 bits per heavy atom. The van der Waals surface area contributed by atoms with Crippen molar-refractivity contribution in [2.75, 3.05) is 13.1 Å². The summed E-state index contributed by atoms with van der Waals surface area (Å²) in [5.41, 5.74) is 0.0923. The van der Waals surface area contributed by atoms with Gasteiger partial charge in [0.25, 0.3) is 0 Å². The van der Waals surface area contributed by atoms with Gasteiger partial charge < -0.3 is 5.11 Å². The summed E-state index contributed by atoms with van der Waals surface area (Å²) in [6.07, 6.45) is 16.7. The molecule has 1 saturated heterocycles. The van der Waals surface area contributed by atoms with Crippen molar-refractivity contribution in [1.82, 2.24) is 4.90 Å². The van der Waals surface area contributed by atoms with Crippen molar-refractivity contribution in [3.63, 3.8) is 0 Å². The molecule has 0 bridgehead atoms. The van der Waals surface area contributed by atoms with E-state index in [9.17, 15) is 5.11 Å². The highest BCUT2D eigenvalue weighted by Gasteiger charge is 2.44. The van der Waals surface area contributed by atoms with Gasteiger partial charge in [-0.3, -0.25) is 4.90 Å². The van der Waals surface area contributed by atoms with Gasteiger partial charge in [0, 0.05) is 12.0 Å². The lowest BCUT2D eigenvalue weighted by Gasteiger charge is -2.46. The van der Waals surface area contributed by atoms with Gasteiger partial charge in [0.2, 0.25) is 0 Å². The minimum absolute atomic E-state index is 0.0923. The third-order valence-corrected chi connectivity index (χ3v) is 4.87.